The molecule has 6 nitrogen and oxygen atoms in total. The summed E-state index contributed by atoms with van der Waals surface area (Å²) in [6.45, 7) is 1.26. The molecular weight excluding hydrogens is 458 g/mol. The van der Waals surface area contributed by atoms with Gasteiger partial charge in [0.15, 0.2) is 19.8 Å². The van der Waals surface area contributed by atoms with Crippen molar-refractivity contribution < 1.29 is 34.8 Å². The van der Waals surface area contributed by atoms with E-state index in [2.05, 4.69) is 9.97 Å². The Morgan fingerprint density at radius 1 is 1.03 bits per heavy atom. The van der Waals surface area contributed by atoms with Gasteiger partial charge in [-0.05, 0) is 12.1 Å². The summed E-state index contributed by atoms with van der Waals surface area (Å²) in [6, 6.07) is 3.00. The summed E-state index contributed by atoms with van der Waals surface area (Å²) in [5, 5.41) is -0.713. The highest BCUT2D eigenvalue weighted by Crippen LogP contribution is 2.38. The molecule has 0 aliphatic carbocycles. The van der Waals surface area contributed by atoms with E-state index in [-0.39, 0.29) is 22.0 Å². The molecule has 4 aromatic heterocycles. The summed E-state index contributed by atoms with van der Waals surface area (Å²) in [4.78, 5) is 6.95. The van der Waals surface area contributed by atoms with E-state index in [4.69, 9.17) is 0 Å². The van der Waals surface area contributed by atoms with E-state index in [1.807, 2.05) is 0 Å². The lowest BCUT2D eigenvalue weighted by Gasteiger charge is -2.12. The van der Waals surface area contributed by atoms with Crippen LogP contribution in [0.15, 0.2) is 35.6 Å². The van der Waals surface area contributed by atoms with Crippen molar-refractivity contribution in [1.82, 2.24) is 18.8 Å². The number of nitrogens with zero attached hydrogens (tertiary/aromatic N) is 4. The minimum atomic E-state index is -4.87. The minimum Gasteiger partial charge on any atom is -0.296 e. The van der Waals surface area contributed by atoms with Crippen molar-refractivity contribution in [3.05, 3.63) is 41.2 Å². The molecule has 0 aromatic carbocycles. The number of hydrogen-bond acceptors (Lipinski definition) is 5. The van der Waals surface area contributed by atoms with Gasteiger partial charge in [0.05, 0.1) is 5.75 Å². The Kier molecular flexibility index (Phi) is 4.44. The lowest BCUT2D eigenvalue weighted by Crippen LogP contribution is -2.16. The third-order valence-electron chi connectivity index (χ3n) is 4.24. The highest BCUT2D eigenvalue weighted by molar-refractivity contribution is 7.91. The highest BCUT2D eigenvalue weighted by Gasteiger charge is 2.38. The number of halogens is 6. The normalized spacial score (nSPS) is 13.6. The molecule has 160 valence electrons. The van der Waals surface area contributed by atoms with Crippen LogP contribution < -0.4 is 0 Å². The molecule has 0 aliphatic rings. The second-order valence-electron chi connectivity index (χ2n) is 6.18. The largest absolute Gasteiger partial charge is 0.431 e. The molecule has 4 rings (SSSR count). The van der Waals surface area contributed by atoms with Crippen LogP contribution in [0, 0.1) is 0 Å². The molecule has 0 unspecified atom stereocenters. The van der Waals surface area contributed by atoms with Crippen molar-refractivity contribution in [2.45, 2.75) is 24.3 Å². The van der Waals surface area contributed by atoms with Crippen LogP contribution in [-0.4, -0.2) is 32.9 Å². The van der Waals surface area contributed by atoms with Gasteiger partial charge in [-0.25, -0.2) is 18.4 Å². The molecule has 0 radical (unpaired) electrons. The minimum absolute atomic E-state index is 0.106. The molecule has 30 heavy (non-hydrogen) atoms. The van der Waals surface area contributed by atoms with E-state index in [1.54, 1.807) is 0 Å². The van der Waals surface area contributed by atoms with Gasteiger partial charge in [-0.3, -0.25) is 8.80 Å². The summed E-state index contributed by atoms with van der Waals surface area (Å²) < 4.78 is 106. The van der Waals surface area contributed by atoms with Crippen molar-refractivity contribution in [3.63, 3.8) is 0 Å². The van der Waals surface area contributed by atoms with E-state index in [1.165, 1.54) is 13.0 Å². The molecule has 4 aromatic rings. The molecule has 0 saturated heterocycles. The average molecular weight is 468 g/mol. The smallest absolute Gasteiger partial charge is 0.296 e. The highest BCUT2D eigenvalue weighted by atomic mass is 32.2. The zero-order valence-electron chi connectivity index (χ0n) is 14.8. The fourth-order valence-electron chi connectivity index (χ4n) is 2.92. The number of hydrogen-bond donors (Lipinski definition) is 0. The Morgan fingerprint density at radius 3 is 2.30 bits per heavy atom. The lowest BCUT2D eigenvalue weighted by atomic mass is 10.3. The van der Waals surface area contributed by atoms with Crippen LogP contribution in [0.4, 0.5) is 26.3 Å². The first-order valence-corrected chi connectivity index (χ1v) is 10.7. The number of thiazole rings is 1. The second kappa shape index (κ2) is 6.44. The van der Waals surface area contributed by atoms with Gasteiger partial charge < -0.3 is 0 Å². The Bertz CT molecular complexity index is 1350. The quantitative estimate of drug-likeness (QED) is 0.414. The van der Waals surface area contributed by atoms with Gasteiger partial charge in [-0.15, -0.1) is 0 Å². The summed E-state index contributed by atoms with van der Waals surface area (Å²) in [6.07, 6.45) is -7.59. The predicted molar refractivity (Wildman–Crippen MR) is 95.0 cm³/mol. The molecule has 0 amide bonds. The predicted octanol–water partition coefficient (Wildman–Crippen LogP) is 4.54. The maximum atomic E-state index is 13.5. The van der Waals surface area contributed by atoms with Gasteiger partial charge in [0.25, 0.3) is 0 Å². The van der Waals surface area contributed by atoms with Crippen molar-refractivity contribution >= 4 is 31.8 Å². The Hall–Kier alpha value is -2.61. The van der Waals surface area contributed by atoms with Crippen molar-refractivity contribution in [2.75, 3.05) is 5.75 Å². The van der Waals surface area contributed by atoms with E-state index >= 15 is 0 Å². The molecule has 0 aliphatic heterocycles. The molecule has 0 spiro atoms. The number of rotatable bonds is 3. The first-order valence-electron chi connectivity index (χ1n) is 8.20. The molecule has 0 bridgehead atoms. The van der Waals surface area contributed by atoms with E-state index in [0.717, 1.165) is 22.9 Å². The maximum Gasteiger partial charge on any atom is 0.431 e. The summed E-state index contributed by atoms with van der Waals surface area (Å²) in [7, 11) is -4.22. The van der Waals surface area contributed by atoms with Crippen LogP contribution in [0.25, 0.3) is 22.0 Å². The van der Waals surface area contributed by atoms with Crippen LogP contribution in [0.2, 0.25) is 0 Å². The molecule has 4 heterocycles. The van der Waals surface area contributed by atoms with Gasteiger partial charge in [-0.1, -0.05) is 24.3 Å². The molecule has 0 N–H and O–H groups in total. The van der Waals surface area contributed by atoms with Crippen LogP contribution in [-0.2, 0) is 22.2 Å². The number of aromatic nitrogens is 4. The van der Waals surface area contributed by atoms with Crippen molar-refractivity contribution in [2.24, 2.45) is 0 Å². The van der Waals surface area contributed by atoms with Crippen molar-refractivity contribution in [3.8, 4) is 11.4 Å². The van der Waals surface area contributed by atoms with Crippen molar-refractivity contribution in [1.29, 1.82) is 0 Å². The van der Waals surface area contributed by atoms with Gasteiger partial charge in [0.1, 0.15) is 27.6 Å². The first-order chi connectivity index (χ1) is 13.8. The molecule has 0 saturated carbocycles. The molecule has 0 atom stereocenters. The Balaban J connectivity index is 2.03. The fraction of sp³-hybridized carbons (Fsp3) is 0.250. The van der Waals surface area contributed by atoms with Crippen LogP contribution in [0.3, 0.4) is 0 Å². The number of imidazole rings is 2. The van der Waals surface area contributed by atoms with Gasteiger partial charge >= 0.3 is 12.4 Å². The van der Waals surface area contributed by atoms with E-state index in [0.29, 0.717) is 21.8 Å². The summed E-state index contributed by atoms with van der Waals surface area (Å²) >= 11 is 0.316. The SMILES string of the molecule is CCS(=O)(=O)c1c(-c2cn3cc(C(F)(F)F)sc3n2)nc2cccc(C(F)(F)F)n12. The zero-order valence-corrected chi connectivity index (χ0v) is 16.4. The average Bonchev–Trinajstić information content (AvgIpc) is 3.30. The number of pyridine rings is 1. The van der Waals surface area contributed by atoms with E-state index in [9.17, 15) is 34.8 Å². The number of alkyl halides is 6. The Labute approximate surface area is 168 Å². The Morgan fingerprint density at radius 2 is 1.73 bits per heavy atom. The lowest BCUT2D eigenvalue weighted by molar-refractivity contribution is -0.142. The van der Waals surface area contributed by atoms with Gasteiger partial charge in [0.2, 0.25) is 0 Å². The fourth-order valence-corrected chi connectivity index (χ4v) is 4.94. The standard InChI is InChI=1S/C16H10F6N4O2S2/c1-2-30(27,28)13-12(24-11-5-3-4-9(26(11)13)15(17,18)19)8-6-25-7-10(16(20,21)22)29-14(25)23-8/h3-7H,2H2,1H3. The van der Waals surface area contributed by atoms with E-state index < -0.39 is 43.5 Å². The zero-order chi connectivity index (χ0) is 22.1. The second-order valence-corrected chi connectivity index (χ2v) is 9.38. The summed E-state index contributed by atoms with van der Waals surface area (Å²) in [5.74, 6) is -0.513. The third-order valence-corrected chi connectivity index (χ3v) is 7.01. The van der Waals surface area contributed by atoms with Crippen LogP contribution in [0.1, 0.15) is 17.5 Å². The molecule has 14 heteroatoms. The maximum absolute atomic E-state index is 13.5. The molecule has 0 fully saturated rings. The number of fused-ring (bicyclic) bond motifs is 2. The monoisotopic (exact) mass is 468 g/mol. The van der Waals surface area contributed by atoms with Gasteiger partial charge in [0, 0.05) is 12.4 Å². The van der Waals surface area contributed by atoms with Crippen LogP contribution in [0.5, 0.6) is 0 Å². The van der Waals surface area contributed by atoms with Crippen LogP contribution >= 0.6 is 11.3 Å². The van der Waals surface area contributed by atoms with Gasteiger partial charge in [-0.2, -0.15) is 26.3 Å². The third kappa shape index (κ3) is 3.23. The summed E-state index contributed by atoms with van der Waals surface area (Å²) in [5.41, 5.74) is -2.04. The topological polar surface area (TPSA) is 68.7 Å². The first kappa shape index (κ1) is 20.7. The number of sulfone groups is 1. The molecular formula is C16H10F6N4O2S2.